The maximum absolute atomic E-state index is 12.9. The zero-order chi connectivity index (χ0) is 17.6. The van der Waals surface area contributed by atoms with Crippen LogP contribution in [-0.4, -0.2) is 57.3 Å². The Labute approximate surface area is 147 Å². The molecule has 6 heteroatoms. The van der Waals surface area contributed by atoms with Gasteiger partial charge in [0.05, 0.1) is 11.0 Å². The van der Waals surface area contributed by atoms with E-state index in [1.807, 2.05) is 46.5 Å². The van der Waals surface area contributed by atoms with E-state index in [0.29, 0.717) is 25.2 Å². The number of aromatic nitrogens is 2. The number of carbonyl (C=O) groups excluding carboxylic acids is 2. The van der Waals surface area contributed by atoms with Crippen LogP contribution < -0.4 is 0 Å². The Morgan fingerprint density at radius 1 is 1.08 bits per heavy atom. The number of hydrogen-bond donors (Lipinski definition) is 0. The summed E-state index contributed by atoms with van der Waals surface area (Å²) in [6, 6.07) is 5.72. The zero-order valence-electron chi connectivity index (χ0n) is 14.9. The van der Waals surface area contributed by atoms with Gasteiger partial charge in [-0.2, -0.15) is 0 Å². The molecule has 0 bridgehead atoms. The van der Waals surface area contributed by atoms with Crippen molar-refractivity contribution >= 4 is 22.8 Å². The molecule has 0 radical (unpaired) electrons. The van der Waals surface area contributed by atoms with Gasteiger partial charge < -0.3 is 14.4 Å². The molecule has 132 valence electrons. The van der Waals surface area contributed by atoms with Gasteiger partial charge in [0.25, 0.3) is 5.91 Å². The summed E-state index contributed by atoms with van der Waals surface area (Å²) in [6.07, 6.45) is 2.90. The highest BCUT2D eigenvalue weighted by atomic mass is 16.2. The summed E-state index contributed by atoms with van der Waals surface area (Å²) in [5.41, 5.74) is 2.56. The number of aryl methyl sites for hydroxylation is 2. The highest BCUT2D eigenvalue weighted by Crippen LogP contribution is 2.31. The molecule has 2 aromatic rings. The highest BCUT2D eigenvalue weighted by Gasteiger charge is 2.34. The molecule has 0 atom stereocenters. The van der Waals surface area contributed by atoms with Crippen LogP contribution in [0.2, 0.25) is 0 Å². The maximum Gasteiger partial charge on any atom is 0.253 e. The second kappa shape index (κ2) is 6.17. The first-order valence-corrected chi connectivity index (χ1v) is 9.06. The lowest BCUT2D eigenvalue weighted by Gasteiger charge is -2.22. The molecule has 1 aromatic carbocycles. The first kappa shape index (κ1) is 16.1. The van der Waals surface area contributed by atoms with Crippen molar-refractivity contribution in [1.82, 2.24) is 19.4 Å². The number of hydrogen-bond acceptors (Lipinski definition) is 3. The summed E-state index contributed by atoms with van der Waals surface area (Å²) in [5.74, 6) is 1.49. The molecule has 4 rings (SSSR count). The summed E-state index contributed by atoms with van der Waals surface area (Å²) >= 11 is 0. The summed E-state index contributed by atoms with van der Waals surface area (Å²) in [5, 5.41) is 0. The van der Waals surface area contributed by atoms with Gasteiger partial charge >= 0.3 is 0 Å². The zero-order valence-corrected chi connectivity index (χ0v) is 14.9. The Balaban J connectivity index is 1.49. The Bertz CT molecular complexity index is 837. The Hall–Kier alpha value is -2.37. The molecule has 0 unspecified atom stereocenters. The molecule has 1 saturated carbocycles. The van der Waals surface area contributed by atoms with Gasteiger partial charge in [0.1, 0.15) is 5.82 Å². The van der Waals surface area contributed by atoms with E-state index >= 15 is 0 Å². The Morgan fingerprint density at radius 2 is 1.80 bits per heavy atom. The second-order valence-electron chi connectivity index (χ2n) is 7.17. The van der Waals surface area contributed by atoms with E-state index in [1.165, 1.54) is 0 Å². The van der Waals surface area contributed by atoms with Crippen molar-refractivity contribution < 1.29 is 9.59 Å². The molecule has 1 saturated heterocycles. The Kier molecular flexibility index (Phi) is 3.98. The largest absolute Gasteiger partial charge is 0.341 e. The van der Waals surface area contributed by atoms with E-state index in [0.717, 1.165) is 42.7 Å². The first-order valence-electron chi connectivity index (χ1n) is 9.06. The van der Waals surface area contributed by atoms with Crippen molar-refractivity contribution in [2.75, 3.05) is 26.2 Å². The van der Waals surface area contributed by atoms with Crippen molar-refractivity contribution in [2.24, 2.45) is 13.0 Å². The molecule has 25 heavy (non-hydrogen) atoms. The third-order valence-electron chi connectivity index (χ3n) is 5.37. The van der Waals surface area contributed by atoms with Gasteiger partial charge in [-0.3, -0.25) is 9.59 Å². The molecule has 2 amide bonds. The van der Waals surface area contributed by atoms with Crippen LogP contribution in [0.15, 0.2) is 18.2 Å². The molecular formula is C19H24N4O2. The van der Waals surface area contributed by atoms with Crippen LogP contribution in [-0.2, 0) is 11.8 Å². The average Bonchev–Trinajstić information content (AvgIpc) is 3.43. The molecular weight excluding hydrogens is 316 g/mol. The highest BCUT2D eigenvalue weighted by molar-refractivity contribution is 5.97. The fraction of sp³-hybridized carbons (Fsp3) is 0.526. The predicted octanol–water partition coefficient (Wildman–Crippen LogP) is 1.97. The van der Waals surface area contributed by atoms with E-state index in [9.17, 15) is 9.59 Å². The van der Waals surface area contributed by atoms with Crippen LogP contribution in [0.25, 0.3) is 11.0 Å². The average molecular weight is 340 g/mol. The third-order valence-corrected chi connectivity index (χ3v) is 5.37. The molecule has 6 nitrogen and oxygen atoms in total. The van der Waals surface area contributed by atoms with Crippen LogP contribution in [0, 0.1) is 12.8 Å². The monoisotopic (exact) mass is 340 g/mol. The van der Waals surface area contributed by atoms with Gasteiger partial charge in [0.15, 0.2) is 0 Å². The summed E-state index contributed by atoms with van der Waals surface area (Å²) in [4.78, 5) is 33.5. The van der Waals surface area contributed by atoms with E-state index in [2.05, 4.69) is 4.98 Å². The fourth-order valence-electron chi connectivity index (χ4n) is 3.57. The van der Waals surface area contributed by atoms with Crippen LogP contribution in [0.3, 0.4) is 0 Å². The molecule has 1 aliphatic carbocycles. The topological polar surface area (TPSA) is 58.4 Å². The second-order valence-corrected chi connectivity index (χ2v) is 7.17. The number of amides is 2. The maximum atomic E-state index is 12.9. The predicted molar refractivity (Wildman–Crippen MR) is 95.3 cm³/mol. The van der Waals surface area contributed by atoms with Gasteiger partial charge in [0.2, 0.25) is 5.91 Å². The van der Waals surface area contributed by atoms with Gasteiger partial charge in [-0.1, -0.05) is 0 Å². The lowest BCUT2D eigenvalue weighted by molar-refractivity contribution is -0.132. The number of imidazole rings is 1. The van der Waals surface area contributed by atoms with Crippen LogP contribution in [0.5, 0.6) is 0 Å². The first-order chi connectivity index (χ1) is 12.0. The van der Waals surface area contributed by atoms with Crippen molar-refractivity contribution in [3.05, 3.63) is 29.6 Å². The minimum Gasteiger partial charge on any atom is -0.341 e. The quantitative estimate of drug-likeness (QED) is 0.840. The van der Waals surface area contributed by atoms with Gasteiger partial charge in [-0.25, -0.2) is 4.98 Å². The standard InChI is InChI=1S/C19H24N4O2/c1-13-20-16-12-15(6-7-17(16)21(13)2)19(25)23-9-3-8-22(10-11-23)18(24)14-4-5-14/h6-7,12,14H,3-5,8-11H2,1-2H3. The molecule has 2 heterocycles. The number of nitrogens with zero attached hydrogens (tertiary/aromatic N) is 4. The minimum absolute atomic E-state index is 0.0333. The summed E-state index contributed by atoms with van der Waals surface area (Å²) in [7, 11) is 1.98. The van der Waals surface area contributed by atoms with E-state index in [1.54, 1.807) is 0 Å². The Morgan fingerprint density at radius 3 is 2.56 bits per heavy atom. The van der Waals surface area contributed by atoms with Crippen molar-refractivity contribution in [1.29, 1.82) is 0 Å². The van der Waals surface area contributed by atoms with Crippen molar-refractivity contribution in [2.45, 2.75) is 26.2 Å². The van der Waals surface area contributed by atoms with E-state index in [4.69, 9.17) is 0 Å². The number of carbonyl (C=O) groups is 2. The summed E-state index contributed by atoms with van der Waals surface area (Å²) in [6.45, 7) is 4.68. The van der Waals surface area contributed by atoms with Gasteiger partial charge in [0, 0.05) is 44.7 Å². The normalized spacial score (nSPS) is 18.5. The molecule has 2 aliphatic rings. The van der Waals surface area contributed by atoms with E-state index in [-0.39, 0.29) is 17.7 Å². The van der Waals surface area contributed by atoms with Crippen LogP contribution in [0.4, 0.5) is 0 Å². The van der Waals surface area contributed by atoms with Crippen molar-refractivity contribution in [3.63, 3.8) is 0 Å². The number of rotatable bonds is 2. The van der Waals surface area contributed by atoms with Gasteiger partial charge in [-0.15, -0.1) is 0 Å². The number of fused-ring (bicyclic) bond motifs is 1. The minimum atomic E-state index is 0.0333. The molecule has 2 fully saturated rings. The molecule has 0 spiro atoms. The third kappa shape index (κ3) is 3.01. The van der Waals surface area contributed by atoms with Crippen LogP contribution in [0.1, 0.15) is 35.4 Å². The van der Waals surface area contributed by atoms with E-state index < -0.39 is 0 Å². The van der Waals surface area contributed by atoms with Gasteiger partial charge in [-0.05, 0) is 44.4 Å². The fourth-order valence-corrected chi connectivity index (χ4v) is 3.57. The number of benzene rings is 1. The lowest BCUT2D eigenvalue weighted by atomic mass is 10.1. The van der Waals surface area contributed by atoms with Crippen LogP contribution >= 0.6 is 0 Å². The summed E-state index contributed by atoms with van der Waals surface area (Å²) < 4.78 is 2.02. The molecule has 1 aromatic heterocycles. The SMILES string of the molecule is Cc1nc2cc(C(=O)N3CCCN(C(=O)C4CC4)CC3)ccc2n1C. The molecule has 0 N–H and O–H groups in total. The molecule has 1 aliphatic heterocycles. The smallest absolute Gasteiger partial charge is 0.253 e. The lowest BCUT2D eigenvalue weighted by Crippen LogP contribution is -2.37. The van der Waals surface area contributed by atoms with Crippen molar-refractivity contribution in [3.8, 4) is 0 Å².